The van der Waals surface area contributed by atoms with Crippen LogP contribution in [-0.4, -0.2) is 103 Å². The SMILES string of the molecule is CCc1cc(NC(=O)c2ncc(-c3ccc(OC)c(F)c3F)n2C)ccc1C(=O)N1CCN(CCC[N+](C)(C)C)CC1. The Morgan fingerprint density at radius 3 is 2.40 bits per heavy atom. The second-order valence-electron chi connectivity index (χ2n) is 11.7. The molecule has 1 fully saturated rings. The van der Waals surface area contributed by atoms with Crippen molar-refractivity contribution in [1.82, 2.24) is 19.4 Å². The van der Waals surface area contributed by atoms with Crippen LogP contribution in [0, 0.1) is 11.6 Å². The topological polar surface area (TPSA) is 79.7 Å². The first kappa shape index (κ1) is 31.1. The van der Waals surface area contributed by atoms with Crippen LogP contribution in [0.25, 0.3) is 11.3 Å². The quantitative estimate of drug-likeness (QED) is 0.365. The molecule has 11 heteroatoms. The number of amides is 2. The fourth-order valence-electron chi connectivity index (χ4n) is 5.23. The molecule has 0 bridgehead atoms. The maximum absolute atomic E-state index is 14.7. The molecule has 3 aromatic rings. The van der Waals surface area contributed by atoms with Gasteiger partial charge in [0.15, 0.2) is 17.4 Å². The second-order valence-corrected chi connectivity index (χ2v) is 11.7. The molecule has 0 unspecified atom stereocenters. The predicted octanol–water partition coefficient (Wildman–Crippen LogP) is 4.04. The Morgan fingerprint density at radius 1 is 1.05 bits per heavy atom. The monoisotopic (exact) mass is 583 g/mol. The van der Waals surface area contributed by atoms with Gasteiger partial charge in [-0.2, -0.15) is 4.39 Å². The van der Waals surface area contributed by atoms with Gasteiger partial charge in [0.2, 0.25) is 5.82 Å². The van der Waals surface area contributed by atoms with Gasteiger partial charge >= 0.3 is 0 Å². The van der Waals surface area contributed by atoms with E-state index >= 15 is 0 Å². The highest BCUT2D eigenvalue weighted by Gasteiger charge is 2.25. The summed E-state index contributed by atoms with van der Waals surface area (Å²) < 4.78 is 36.1. The lowest BCUT2D eigenvalue weighted by atomic mass is 10.0. The van der Waals surface area contributed by atoms with E-state index in [0.717, 1.165) is 42.6 Å². The molecule has 0 spiro atoms. The van der Waals surface area contributed by atoms with Gasteiger partial charge in [-0.3, -0.25) is 14.5 Å². The summed E-state index contributed by atoms with van der Waals surface area (Å²) in [5.74, 6) is -2.89. The van der Waals surface area contributed by atoms with Crippen LogP contribution in [0.3, 0.4) is 0 Å². The van der Waals surface area contributed by atoms with Crippen molar-refractivity contribution >= 4 is 17.5 Å². The zero-order valence-corrected chi connectivity index (χ0v) is 25.3. The predicted molar refractivity (Wildman–Crippen MR) is 159 cm³/mol. The van der Waals surface area contributed by atoms with Crippen molar-refractivity contribution in [3.05, 3.63) is 65.1 Å². The lowest BCUT2D eigenvalue weighted by molar-refractivity contribution is -0.870. The van der Waals surface area contributed by atoms with Crippen molar-refractivity contribution in [2.45, 2.75) is 19.8 Å². The number of imidazole rings is 1. The highest BCUT2D eigenvalue weighted by atomic mass is 19.2. The molecule has 9 nitrogen and oxygen atoms in total. The number of hydrogen-bond acceptors (Lipinski definition) is 5. The highest BCUT2D eigenvalue weighted by molar-refractivity contribution is 6.03. The third kappa shape index (κ3) is 6.96. The van der Waals surface area contributed by atoms with Gasteiger partial charge in [-0.1, -0.05) is 6.92 Å². The number of aromatic nitrogens is 2. The lowest BCUT2D eigenvalue weighted by Gasteiger charge is -2.35. The number of methoxy groups -OCH3 is 1. The molecular formula is C31H41F2N6O3+. The van der Waals surface area contributed by atoms with Gasteiger partial charge in [-0.15, -0.1) is 0 Å². The molecule has 4 rings (SSSR count). The maximum atomic E-state index is 14.7. The van der Waals surface area contributed by atoms with Gasteiger partial charge in [0.25, 0.3) is 11.8 Å². The standard InChI is InChI=1S/C31H40F2N6O3/c1-7-21-19-22(9-10-23(21)31(41)38-16-14-37(15-17-38)13-8-18-39(3,4)5)35-30(40)29-34-20-25(36(29)2)24-11-12-26(42-6)28(33)27(24)32/h9-12,19-20H,7-8,13-18H2,1-6H3/p+1. The van der Waals surface area contributed by atoms with Crippen LogP contribution in [0.5, 0.6) is 5.75 Å². The van der Waals surface area contributed by atoms with Gasteiger partial charge in [0.05, 0.1) is 46.7 Å². The summed E-state index contributed by atoms with van der Waals surface area (Å²) in [5.41, 5.74) is 2.18. The third-order valence-corrected chi connectivity index (χ3v) is 7.67. The molecular weight excluding hydrogens is 542 g/mol. The molecule has 2 amide bonds. The van der Waals surface area contributed by atoms with Gasteiger partial charge < -0.3 is 24.0 Å². The first-order valence-electron chi connectivity index (χ1n) is 14.2. The molecule has 1 aliphatic rings. The van der Waals surface area contributed by atoms with Crippen molar-refractivity contribution in [3.63, 3.8) is 0 Å². The van der Waals surface area contributed by atoms with Crippen molar-refractivity contribution in [3.8, 4) is 17.0 Å². The number of anilines is 1. The van der Waals surface area contributed by atoms with Crippen molar-refractivity contribution in [1.29, 1.82) is 0 Å². The number of carbonyl (C=O) groups is 2. The molecule has 0 saturated carbocycles. The molecule has 226 valence electrons. The molecule has 0 atom stereocenters. The molecule has 0 radical (unpaired) electrons. The molecule has 1 saturated heterocycles. The smallest absolute Gasteiger partial charge is 0.291 e. The number of benzene rings is 2. The molecule has 2 aromatic carbocycles. The normalized spacial score (nSPS) is 14.2. The summed E-state index contributed by atoms with van der Waals surface area (Å²) in [6, 6.07) is 7.96. The van der Waals surface area contributed by atoms with E-state index in [2.05, 4.69) is 36.3 Å². The zero-order valence-electron chi connectivity index (χ0n) is 25.3. The van der Waals surface area contributed by atoms with Crippen LogP contribution in [-0.2, 0) is 13.5 Å². The van der Waals surface area contributed by atoms with Crippen LogP contribution >= 0.6 is 0 Å². The summed E-state index contributed by atoms with van der Waals surface area (Å²) in [6.45, 7) is 7.21. The van der Waals surface area contributed by atoms with Gasteiger partial charge in [-0.25, -0.2) is 9.37 Å². The minimum absolute atomic E-state index is 0.00164. The average Bonchev–Trinajstić information content (AvgIpc) is 3.34. The highest BCUT2D eigenvalue weighted by Crippen LogP contribution is 2.30. The molecule has 1 aromatic heterocycles. The minimum atomic E-state index is -1.11. The van der Waals surface area contributed by atoms with Crippen molar-refractivity contribution < 1.29 is 27.6 Å². The Morgan fingerprint density at radius 2 is 1.76 bits per heavy atom. The minimum Gasteiger partial charge on any atom is -0.494 e. The van der Waals surface area contributed by atoms with E-state index in [1.807, 2.05) is 11.8 Å². The number of nitrogens with one attached hydrogen (secondary N) is 1. The Balaban J connectivity index is 1.41. The van der Waals surface area contributed by atoms with E-state index in [1.54, 1.807) is 25.2 Å². The average molecular weight is 584 g/mol. The maximum Gasteiger partial charge on any atom is 0.291 e. The molecule has 0 aliphatic carbocycles. The van der Waals surface area contributed by atoms with E-state index < -0.39 is 17.5 Å². The van der Waals surface area contributed by atoms with Crippen molar-refractivity contribution in [2.75, 3.05) is 72.8 Å². The number of ether oxygens (including phenoxy) is 1. The fourth-order valence-corrected chi connectivity index (χ4v) is 5.23. The molecule has 1 aliphatic heterocycles. The van der Waals surface area contributed by atoms with Gasteiger partial charge in [-0.05, 0) is 42.3 Å². The summed E-state index contributed by atoms with van der Waals surface area (Å²) in [6.07, 6.45) is 3.06. The van der Waals surface area contributed by atoms with E-state index in [9.17, 15) is 18.4 Å². The summed E-state index contributed by atoms with van der Waals surface area (Å²) in [5, 5.41) is 2.82. The molecule has 1 N–H and O–H groups in total. The van der Waals surface area contributed by atoms with E-state index in [4.69, 9.17) is 4.74 Å². The summed E-state index contributed by atoms with van der Waals surface area (Å²) in [7, 11) is 9.40. The number of halogens is 2. The first-order chi connectivity index (χ1) is 19.9. The molecule has 42 heavy (non-hydrogen) atoms. The number of nitrogens with zero attached hydrogens (tertiary/aromatic N) is 5. The number of rotatable bonds is 10. The number of aryl methyl sites for hydroxylation is 1. The van der Waals surface area contributed by atoms with Crippen molar-refractivity contribution in [2.24, 2.45) is 7.05 Å². The van der Waals surface area contributed by atoms with Crippen LogP contribution in [0.15, 0.2) is 36.5 Å². The van der Waals surface area contributed by atoms with E-state index in [-0.39, 0.29) is 28.7 Å². The van der Waals surface area contributed by atoms with E-state index in [0.29, 0.717) is 30.8 Å². The van der Waals surface area contributed by atoms with Crippen LogP contribution in [0.2, 0.25) is 0 Å². The Kier molecular flexibility index (Phi) is 9.63. The number of hydrogen-bond donors (Lipinski definition) is 1. The Labute approximate surface area is 246 Å². The number of piperazine rings is 1. The summed E-state index contributed by atoms with van der Waals surface area (Å²) in [4.78, 5) is 35.0. The number of carbonyl (C=O) groups excluding carboxylic acids is 2. The number of quaternary nitrogens is 1. The van der Waals surface area contributed by atoms with Gasteiger partial charge in [0.1, 0.15) is 0 Å². The van der Waals surface area contributed by atoms with E-state index in [1.165, 1.54) is 30.0 Å². The zero-order chi connectivity index (χ0) is 30.6. The van der Waals surface area contributed by atoms with Crippen LogP contribution in [0.1, 0.15) is 39.9 Å². The largest absolute Gasteiger partial charge is 0.494 e. The second kappa shape index (κ2) is 13.0. The van der Waals surface area contributed by atoms with Crippen LogP contribution < -0.4 is 10.1 Å². The summed E-state index contributed by atoms with van der Waals surface area (Å²) >= 11 is 0. The Hall–Kier alpha value is -3.83. The Bertz CT molecular complexity index is 1440. The first-order valence-corrected chi connectivity index (χ1v) is 14.2. The van der Waals surface area contributed by atoms with Crippen LogP contribution in [0.4, 0.5) is 14.5 Å². The molecule has 2 heterocycles. The lowest BCUT2D eigenvalue weighted by Crippen LogP contribution is -2.49. The fraction of sp³-hybridized carbons (Fsp3) is 0.452. The third-order valence-electron chi connectivity index (χ3n) is 7.67. The van der Waals surface area contributed by atoms with Gasteiger partial charge in [0, 0.05) is 63.0 Å².